The maximum absolute atomic E-state index is 12.5. The van der Waals surface area contributed by atoms with Crippen molar-refractivity contribution in [2.75, 3.05) is 18.4 Å². The van der Waals surface area contributed by atoms with E-state index in [4.69, 9.17) is 0 Å². The van der Waals surface area contributed by atoms with Crippen LogP contribution < -0.4 is 5.32 Å². The number of likely N-dealkylation sites (tertiary alicyclic amines) is 1. The van der Waals surface area contributed by atoms with Gasteiger partial charge < -0.3 is 10.2 Å². The van der Waals surface area contributed by atoms with Crippen molar-refractivity contribution < 1.29 is 4.79 Å². The van der Waals surface area contributed by atoms with Crippen LogP contribution in [0.1, 0.15) is 25.3 Å². The first-order valence-electron chi connectivity index (χ1n) is 6.87. The van der Waals surface area contributed by atoms with Crippen molar-refractivity contribution >= 4 is 11.6 Å². The summed E-state index contributed by atoms with van der Waals surface area (Å²) in [5, 5.41) is 3.36. The Labute approximate surface area is 108 Å². The van der Waals surface area contributed by atoms with Gasteiger partial charge in [-0.3, -0.25) is 4.79 Å². The average molecular weight is 244 g/mol. The number of anilines is 1. The molecule has 1 N–H and O–H groups in total. The second kappa shape index (κ2) is 4.63. The van der Waals surface area contributed by atoms with Gasteiger partial charge in [0.05, 0.1) is 0 Å². The number of para-hydroxylation sites is 1. The summed E-state index contributed by atoms with van der Waals surface area (Å²) < 4.78 is 0. The third kappa shape index (κ3) is 2.09. The Balaban J connectivity index is 1.68. The van der Waals surface area contributed by atoms with Crippen LogP contribution in [0, 0.1) is 5.92 Å². The third-order valence-corrected chi connectivity index (χ3v) is 4.04. The summed E-state index contributed by atoms with van der Waals surface area (Å²) in [6, 6.07) is 8.17. The molecule has 1 fully saturated rings. The average Bonchev–Trinajstić information content (AvgIpc) is 2.81. The molecule has 2 aliphatic rings. The molecule has 3 nitrogen and oxygen atoms in total. The van der Waals surface area contributed by atoms with E-state index in [1.807, 2.05) is 17.0 Å². The molecule has 18 heavy (non-hydrogen) atoms. The van der Waals surface area contributed by atoms with Gasteiger partial charge in [-0.2, -0.15) is 0 Å². The first kappa shape index (κ1) is 11.6. The lowest BCUT2D eigenvalue weighted by Crippen LogP contribution is -2.46. The van der Waals surface area contributed by atoms with Gasteiger partial charge in [-0.05, 0) is 30.4 Å². The van der Waals surface area contributed by atoms with E-state index in [1.54, 1.807) is 0 Å². The van der Waals surface area contributed by atoms with Crippen molar-refractivity contribution in [3.63, 3.8) is 0 Å². The first-order chi connectivity index (χ1) is 8.74. The number of hydrogen-bond acceptors (Lipinski definition) is 2. The van der Waals surface area contributed by atoms with Crippen LogP contribution >= 0.6 is 0 Å². The van der Waals surface area contributed by atoms with Crippen LogP contribution in [-0.4, -0.2) is 29.9 Å². The van der Waals surface area contributed by atoms with Crippen molar-refractivity contribution in [3.8, 4) is 0 Å². The summed E-state index contributed by atoms with van der Waals surface area (Å²) in [4.78, 5) is 14.5. The maximum atomic E-state index is 12.5. The van der Waals surface area contributed by atoms with Gasteiger partial charge in [0, 0.05) is 25.2 Å². The van der Waals surface area contributed by atoms with Gasteiger partial charge in [-0.25, -0.2) is 0 Å². The summed E-state index contributed by atoms with van der Waals surface area (Å²) >= 11 is 0. The number of carbonyl (C=O) groups is 1. The molecule has 2 unspecified atom stereocenters. The monoisotopic (exact) mass is 244 g/mol. The Morgan fingerprint density at radius 2 is 2.22 bits per heavy atom. The second-order valence-electron chi connectivity index (χ2n) is 5.59. The maximum Gasteiger partial charge on any atom is 0.245 e. The number of hydrogen-bond donors (Lipinski definition) is 1. The molecule has 1 aromatic carbocycles. The van der Waals surface area contributed by atoms with Crippen LogP contribution in [0.3, 0.4) is 0 Å². The fourth-order valence-electron chi connectivity index (χ4n) is 3.06. The summed E-state index contributed by atoms with van der Waals surface area (Å²) in [6.45, 7) is 4.08. The van der Waals surface area contributed by atoms with E-state index in [0.717, 1.165) is 31.6 Å². The lowest BCUT2D eigenvalue weighted by Gasteiger charge is -2.32. The molecule has 1 aromatic rings. The predicted octanol–water partition coefficient (Wildman–Crippen LogP) is 2.28. The molecule has 2 atom stereocenters. The largest absolute Gasteiger partial charge is 0.373 e. The van der Waals surface area contributed by atoms with Gasteiger partial charge >= 0.3 is 0 Å². The number of piperidine rings is 1. The second-order valence-corrected chi connectivity index (χ2v) is 5.59. The molecule has 0 saturated carbocycles. The summed E-state index contributed by atoms with van der Waals surface area (Å²) in [7, 11) is 0. The van der Waals surface area contributed by atoms with Crippen LogP contribution in [0.5, 0.6) is 0 Å². The van der Waals surface area contributed by atoms with E-state index in [-0.39, 0.29) is 11.9 Å². The molecule has 0 bridgehead atoms. The van der Waals surface area contributed by atoms with Gasteiger partial charge in [-0.15, -0.1) is 0 Å². The Bertz CT molecular complexity index is 433. The standard InChI is InChI=1S/C15H20N2O/c1-11-5-4-8-17(10-11)15(18)14-9-12-6-2-3-7-13(12)16-14/h2-3,6-7,11,14,16H,4-5,8-10H2,1H3. The first-order valence-corrected chi connectivity index (χ1v) is 6.87. The molecule has 1 saturated heterocycles. The minimum absolute atomic E-state index is 0.0484. The lowest BCUT2D eigenvalue weighted by atomic mass is 9.99. The summed E-state index contributed by atoms with van der Waals surface area (Å²) in [5.74, 6) is 0.921. The molecule has 3 heteroatoms. The van der Waals surface area contributed by atoms with Crippen molar-refractivity contribution in [2.24, 2.45) is 5.92 Å². The predicted molar refractivity (Wildman–Crippen MR) is 72.5 cm³/mol. The Kier molecular flexibility index (Phi) is 2.98. The van der Waals surface area contributed by atoms with Crippen LogP contribution in [0.4, 0.5) is 5.69 Å². The molecule has 3 rings (SSSR count). The van der Waals surface area contributed by atoms with Gasteiger partial charge in [0.2, 0.25) is 5.91 Å². The fourth-order valence-corrected chi connectivity index (χ4v) is 3.06. The zero-order valence-corrected chi connectivity index (χ0v) is 10.9. The van der Waals surface area contributed by atoms with Gasteiger partial charge in [-0.1, -0.05) is 25.1 Å². The Morgan fingerprint density at radius 1 is 1.39 bits per heavy atom. The van der Waals surface area contributed by atoms with E-state index in [1.165, 1.54) is 12.0 Å². The van der Waals surface area contributed by atoms with E-state index < -0.39 is 0 Å². The number of fused-ring (bicyclic) bond motifs is 1. The molecule has 0 aromatic heterocycles. The van der Waals surface area contributed by atoms with Crippen molar-refractivity contribution in [2.45, 2.75) is 32.2 Å². The number of rotatable bonds is 1. The van der Waals surface area contributed by atoms with Crippen LogP contribution in [-0.2, 0) is 11.2 Å². The highest BCUT2D eigenvalue weighted by Gasteiger charge is 2.31. The van der Waals surface area contributed by atoms with E-state index in [0.29, 0.717) is 5.92 Å². The van der Waals surface area contributed by atoms with Crippen molar-refractivity contribution in [1.82, 2.24) is 4.90 Å². The number of nitrogens with zero attached hydrogens (tertiary/aromatic N) is 1. The van der Waals surface area contributed by atoms with Gasteiger partial charge in [0.15, 0.2) is 0 Å². The number of benzene rings is 1. The molecular formula is C15H20N2O. The fraction of sp³-hybridized carbons (Fsp3) is 0.533. The molecule has 0 spiro atoms. The van der Waals surface area contributed by atoms with Crippen LogP contribution in [0.25, 0.3) is 0 Å². The zero-order valence-electron chi connectivity index (χ0n) is 10.9. The highest BCUT2D eigenvalue weighted by Crippen LogP contribution is 2.27. The topological polar surface area (TPSA) is 32.3 Å². The summed E-state index contributed by atoms with van der Waals surface area (Å²) in [5.41, 5.74) is 2.39. The Hall–Kier alpha value is -1.51. The molecular weight excluding hydrogens is 224 g/mol. The molecule has 1 amide bonds. The van der Waals surface area contributed by atoms with Crippen LogP contribution in [0.15, 0.2) is 24.3 Å². The SMILES string of the molecule is CC1CCCN(C(=O)C2Cc3ccccc3N2)C1. The van der Waals surface area contributed by atoms with E-state index in [9.17, 15) is 4.79 Å². The van der Waals surface area contributed by atoms with Gasteiger partial charge in [0.1, 0.15) is 6.04 Å². The minimum Gasteiger partial charge on any atom is -0.373 e. The molecule has 0 radical (unpaired) electrons. The highest BCUT2D eigenvalue weighted by molar-refractivity contribution is 5.87. The number of carbonyl (C=O) groups excluding carboxylic acids is 1. The van der Waals surface area contributed by atoms with Crippen molar-refractivity contribution in [1.29, 1.82) is 0 Å². The van der Waals surface area contributed by atoms with E-state index in [2.05, 4.69) is 24.4 Å². The smallest absolute Gasteiger partial charge is 0.245 e. The quantitative estimate of drug-likeness (QED) is 0.822. The molecule has 96 valence electrons. The minimum atomic E-state index is -0.0484. The third-order valence-electron chi connectivity index (χ3n) is 4.04. The number of nitrogens with one attached hydrogen (secondary N) is 1. The zero-order chi connectivity index (χ0) is 12.5. The Morgan fingerprint density at radius 3 is 3.00 bits per heavy atom. The van der Waals surface area contributed by atoms with Crippen LogP contribution in [0.2, 0.25) is 0 Å². The highest BCUT2D eigenvalue weighted by atomic mass is 16.2. The lowest BCUT2D eigenvalue weighted by molar-refractivity contribution is -0.133. The summed E-state index contributed by atoms with van der Waals surface area (Å²) in [6.07, 6.45) is 3.23. The molecule has 2 heterocycles. The van der Waals surface area contributed by atoms with E-state index >= 15 is 0 Å². The molecule has 2 aliphatic heterocycles. The van der Waals surface area contributed by atoms with Gasteiger partial charge in [0.25, 0.3) is 0 Å². The van der Waals surface area contributed by atoms with Crippen molar-refractivity contribution in [3.05, 3.63) is 29.8 Å². The number of amides is 1. The normalized spacial score (nSPS) is 26.6. The molecule has 0 aliphatic carbocycles.